The zero-order valence-electron chi connectivity index (χ0n) is 13.3. The minimum absolute atomic E-state index is 0.0357. The van der Waals surface area contributed by atoms with Crippen LogP contribution < -0.4 is 16.8 Å². The number of benzene rings is 3. The molecule has 5 N–H and O–H groups in total. The summed E-state index contributed by atoms with van der Waals surface area (Å²) in [5, 5.41) is 4.94. The Labute approximate surface area is 140 Å². The zero-order chi connectivity index (χ0) is 17.1. The molecule has 0 unspecified atom stereocenters. The lowest BCUT2D eigenvalue weighted by molar-refractivity contribution is -0.114. The largest absolute Gasteiger partial charge is 0.370 e. The van der Waals surface area contributed by atoms with Gasteiger partial charge in [0.05, 0.1) is 5.69 Å². The number of carbonyl (C=O) groups is 1. The van der Waals surface area contributed by atoms with Gasteiger partial charge >= 0.3 is 0 Å². The molecule has 0 heterocycles. The first-order valence-corrected chi connectivity index (χ1v) is 7.53. The topological polar surface area (TPSA) is 93.5 Å². The van der Waals surface area contributed by atoms with Crippen LogP contribution in [-0.4, -0.2) is 11.9 Å². The molecule has 5 nitrogen and oxygen atoms in total. The first-order valence-electron chi connectivity index (χ1n) is 7.53. The maximum absolute atomic E-state index is 11.3. The molecule has 0 atom stereocenters. The number of carbonyl (C=O) groups excluding carboxylic acids is 1. The van der Waals surface area contributed by atoms with Crippen LogP contribution in [0.2, 0.25) is 0 Å². The first-order chi connectivity index (χ1) is 11.5. The first kappa shape index (κ1) is 15.6. The van der Waals surface area contributed by atoms with E-state index in [1.165, 1.54) is 6.92 Å². The molecule has 0 saturated carbocycles. The van der Waals surface area contributed by atoms with Crippen LogP contribution in [0.15, 0.2) is 65.7 Å². The van der Waals surface area contributed by atoms with E-state index in [0.29, 0.717) is 5.69 Å². The van der Waals surface area contributed by atoms with E-state index in [2.05, 4.69) is 16.4 Å². The smallest absolute Gasteiger partial charge is 0.221 e. The number of rotatable bonds is 3. The van der Waals surface area contributed by atoms with Gasteiger partial charge in [0.15, 0.2) is 5.96 Å². The normalized spacial score (nSPS) is 10.4. The fourth-order valence-electron chi connectivity index (χ4n) is 2.71. The summed E-state index contributed by atoms with van der Waals surface area (Å²) >= 11 is 0. The van der Waals surface area contributed by atoms with Crippen LogP contribution in [0.3, 0.4) is 0 Å². The number of hydrogen-bond acceptors (Lipinski definition) is 2. The number of nitrogens with one attached hydrogen (secondary N) is 1. The van der Waals surface area contributed by atoms with Crippen molar-refractivity contribution in [3.8, 4) is 11.1 Å². The van der Waals surface area contributed by atoms with Crippen molar-refractivity contribution in [3.05, 3.63) is 60.7 Å². The van der Waals surface area contributed by atoms with Gasteiger partial charge in [-0.3, -0.25) is 4.79 Å². The number of nitrogens with zero attached hydrogens (tertiary/aromatic N) is 1. The highest BCUT2D eigenvalue weighted by Gasteiger charge is 2.06. The van der Waals surface area contributed by atoms with Crippen LogP contribution in [0.5, 0.6) is 0 Å². The van der Waals surface area contributed by atoms with Crippen molar-refractivity contribution in [1.29, 1.82) is 0 Å². The van der Waals surface area contributed by atoms with Gasteiger partial charge in [-0.15, -0.1) is 0 Å². The molecule has 0 saturated heterocycles. The molecule has 24 heavy (non-hydrogen) atoms. The third kappa shape index (κ3) is 3.35. The van der Waals surface area contributed by atoms with Gasteiger partial charge in [-0.05, 0) is 46.2 Å². The van der Waals surface area contributed by atoms with E-state index < -0.39 is 0 Å². The highest BCUT2D eigenvalue weighted by atomic mass is 16.1. The van der Waals surface area contributed by atoms with Gasteiger partial charge < -0.3 is 16.8 Å². The number of aliphatic imine (C=N–C) groups is 1. The molecule has 3 aromatic carbocycles. The number of guanidine groups is 1. The summed E-state index contributed by atoms with van der Waals surface area (Å²) in [6.07, 6.45) is 0. The lowest BCUT2D eigenvalue weighted by atomic mass is 9.97. The minimum atomic E-state index is -0.0908. The predicted octanol–water partition coefficient (Wildman–Crippen LogP) is 3.37. The molecule has 3 aromatic rings. The number of anilines is 1. The van der Waals surface area contributed by atoms with Crippen molar-refractivity contribution in [2.45, 2.75) is 6.92 Å². The fraction of sp³-hybridized carbons (Fsp3) is 0.0526. The van der Waals surface area contributed by atoms with Crippen LogP contribution in [0.4, 0.5) is 11.4 Å². The molecule has 0 fully saturated rings. The van der Waals surface area contributed by atoms with Gasteiger partial charge in [0.25, 0.3) is 0 Å². The van der Waals surface area contributed by atoms with Crippen LogP contribution in [0.25, 0.3) is 21.9 Å². The van der Waals surface area contributed by atoms with Crippen molar-refractivity contribution in [2.24, 2.45) is 16.5 Å². The molecular weight excluding hydrogens is 300 g/mol. The van der Waals surface area contributed by atoms with Crippen molar-refractivity contribution >= 4 is 34.0 Å². The third-order valence-electron chi connectivity index (χ3n) is 3.62. The van der Waals surface area contributed by atoms with Crippen LogP contribution >= 0.6 is 0 Å². The number of nitrogens with two attached hydrogens (primary N) is 2. The highest BCUT2D eigenvalue weighted by Crippen LogP contribution is 2.32. The Bertz CT molecular complexity index is 943. The predicted molar refractivity (Wildman–Crippen MR) is 99.2 cm³/mol. The Morgan fingerprint density at radius 3 is 2.54 bits per heavy atom. The summed E-state index contributed by atoms with van der Waals surface area (Å²) < 4.78 is 0. The van der Waals surface area contributed by atoms with E-state index in [0.717, 1.165) is 27.6 Å². The Hall–Kier alpha value is -3.34. The molecular formula is C19H18N4O. The molecule has 3 rings (SSSR count). The maximum atomic E-state index is 11.3. The monoisotopic (exact) mass is 318 g/mol. The van der Waals surface area contributed by atoms with E-state index >= 15 is 0 Å². The average molecular weight is 318 g/mol. The van der Waals surface area contributed by atoms with E-state index in [1.54, 1.807) is 0 Å². The van der Waals surface area contributed by atoms with Gasteiger partial charge in [0.2, 0.25) is 5.91 Å². The van der Waals surface area contributed by atoms with E-state index in [9.17, 15) is 4.79 Å². The summed E-state index contributed by atoms with van der Waals surface area (Å²) in [7, 11) is 0. The van der Waals surface area contributed by atoms with Crippen LogP contribution in [0, 0.1) is 0 Å². The van der Waals surface area contributed by atoms with Crippen molar-refractivity contribution < 1.29 is 4.79 Å². The van der Waals surface area contributed by atoms with Crippen LogP contribution in [-0.2, 0) is 4.79 Å². The van der Waals surface area contributed by atoms with E-state index in [4.69, 9.17) is 11.5 Å². The van der Waals surface area contributed by atoms with E-state index in [-0.39, 0.29) is 11.9 Å². The molecule has 120 valence electrons. The highest BCUT2D eigenvalue weighted by molar-refractivity contribution is 5.99. The molecule has 0 aromatic heterocycles. The molecule has 1 amide bonds. The van der Waals surface area contributed by atoms with Gasteiger partial charge in [0, 0.05) is 12.6 Å². The summed E-state index contributed by atoms with van der Waals surface area (Å²) in [6, 6.07) is 19.6. The summed E-state index contributed by atoms with van der Waals surface area (Å²) in [6.45, 7) is 1.50. The lowest BCUT2D eigenvalue weighted by Crippen LogP contribution is -2.21. The fourth-order valence-corrected chi connectivity index (χ4v) is 2.71. The van der Waals surface area contributed by atoms with Gasteiger partial charge in [-0.25, -0.2) is 4.99 Å². The Balaban J connectivity index is 2.10. The summed E-state index contributed by atoms with van der Waals surface area (Å²) in [5.74, 6) is -0.0551. The molecule has 0 aliphatic heterocycles. The molecule has 0 radical (unpaired) electrons. The molecule has 0 aliphatic rings. The Kier molecular flexibility index (Phi) is 4.16. The molecule has 0 bridgehead atoms. The lowest BCUT2D eigenvalue weighted by Gasteiger charge is -2.10. The number of amides is 1. The van der Waals surface area contributed by atoms with Crippen LogP contribution in [0.1, 0.15) is 6.92 Å². The Morgan fingerprint density at radius 2 is 1.79 bits per heavy atom. The second-order valence-corrected chi connectivity index (χ2v) is 5.51. The second-order valence-electron chi connectivity index (χ2n) is 5.51. The second kappa shape index (κ2) is 6.42. The van der Waals surface area contributed by atoms with Crippen molar-refractivity contribution in [3.63, 3.8) is 0 Å². The molecule has 5 heteroatoms. The quantitative estimate of drug-likeness (QED) is 0.510. The third-order valence-corrected chi connectivity index (χ3v) is 3.62. The summed E-state index contributed by atoms with van der Waals surface area (Å²) in [5.41, 5.74) is 14.5. The van der Waals surface area contributed by atoms with Crippen molar-refractivity contribution in [1.82, 2.24) is 0 Å². The van der Waals surface area contributed by atoms with Gasteiger partial charge in [-0.1, -0.05) is 36.4 Å². The molecule has 0 aliphatic carbocycles. The SMILES string of the molecule is CC(=O)Nc1cccc(-c2cccc3cc(N=C(N)N)ccc23)c1. The zero-order valence-corrected chi connectivity index (χ0v) is 13.3. The molecule has 0 spiro atoms. The summed E-state index contributed by atoms with van der Waals surface area (Å²) in [4.78, 5) is 15.3. The Morgan fingerprint density at radius 1 is 1.00 bits per heavy atom. The standard InChI is InChI=1S/C19H18N4O/c1-12(24)22-15-6-2-4-13(10-15)17-7-3-5-14-11-16(23-19(20)21)8-9-18(14)17/h2-11H,1H3,(H,22,24)(H4,20,21,23). The van der Waals surface area contributed by atoms with Crippen molar-refractivity contribution in [2.75, 3.05) is 5.32 Å². The van der Waals surface area contributed by atoms with Gasteiger partial charge in [-0.2, -0.15) is 0 Å². The van der Waals surface area contributed by atoms with Gasteiger partial charge in [0.1, 0.15) is 0 Å². The average Bonchev–Trinajstić information content (AvgIpc) is 2.53. The number of hydrogen-bond donors (Lipinski definition) is 3. The minimum Gasteiger partial charge on any atom is -0.370 e. The van der Waals surface area contributed by atoms with E-state index in [1.807, 2.05) is 54.6 Å². The maximum Gasteiger partial charge on any atom is 0.221 e. The number of fused-ring (bicyclic) bond motifs is 1.